The maximum Gasteiger partial charge on any atom is 0.311 e. The van der Waals surface area contributed by atoms with Gasteiger partial charge in [0.15, 0.2) is 5.75 Å². The van der Waals surface area contributed by atoms with Gasteiger partial charge in [0.2, 0.25) is 5.91 Å². The van der Waals surface area contributed by atoms with Crippen LogP contribution in [-0.2, 0) is 4.79 Å². The lowest BCUT2D eigenvalue weighted by atomic mass is 10.2. The van der Waals surface area contributed by atoms with Gasteiger partial charge in [-0.15, -0.1) is 0 Å². The van der Waals surface area contributed by atoms with Crippen LogP contribution in [0, 0.1) is 10.1 Å². The molecule has 0 unspecified atom stereocenters. The molecule has 0 saturated carbocycles. The van der Waals surface area contributed by atoms with Crippen LogP contribution in [0.5, 0.6) is 11.5 Å². The van der Waals surface area contributed by atoms with Crippen LogP contribution in [0.4, 0.5) is 5.69 Å². The first-order valence-corrected chi connectivity index (χ1v) is 8.49. The van der Waals surface area contributed by atoms with E-state index in [1.807, 2.05) is 0 Å². The summed E-state index contributed by atoms with van der Waals surface area (Å²) in [6.45, 7) is 0.280. The highest BCUT2D eigenvalue weighted by atomic mass is 35.5. The van der Waals surface area contributed by atoms with E-state index in [-0.39, 0.29) is 18.9 Å². The molecular weight excluding hydrogens is 397 g/mol. The summed E-state index contributed by atoms with van der Waals surface area (Å²) in [4.78, 5) is 21.8. The number of phenols is 1. The molecule has 0 heterocycles. The lowest BCUT2D eigenvalue weighted by Crippen LogP contribution is -2.18. The number of nitrogens with one attached hydrogen (secondary N) is 1. The van der Waals surface area contributed by atoms with Crippen molar-refractivity contribution in [2.75, 3.05) is 6.61 Å². The fraction of sp³-hybridized carbons (Fsp3) is 0.176. The first-order valence-electron chi connectivity index (χ1n) is 7.74. The van der Waals surface area contributed by atoms with Crippen LogP contribution in [0.15, 0.2) is 41.5 Å². The molecule has 2 rings (SSSR count). The van der Waals surface area contributed by atoms with Gasteiger partial charge < -0.3 is 9.84 Å². The summed E-state index contributed by atoms with van der Waals surface area (Å²) in [6, 6.07) is 8.62. The number of rotatable bonds is 8. The number of amides is 1. The molecular formula is C17H15Cl2N3O5. The van der Waals surface area contributed by atoms with Gasteiger partial charge >= 0.3 is 5.69 Å². The molecule has 0 spiro atoms. The number of nitro benzene ring substituents is 1. The fourth-order valence-corrected chi connectivity index (χ4v) is 2.47. The molecule has 0 aliphatic heterocycles. The molecule has 2 aromatic rings. The summed E-state index contributed by atoms with van der Waals surface area (Å²) >= 11 is 11.8. The number of nitrogens with zero attached hydrogens (tertiary/aromatic N) is 2. The van der Waals surface area contributed by atoms with Gasteiger partial charge in [0.25, 0.3) is 0 Å². The summed E-state index contributed by atoms with van der Waals surface area (Å²) in [5, 5.41) is 24.7. The van der Waals surface area contributed by atoms with Crippen molar-refractivity contribution in [2.45, 2.75) is 12.8 Å². The minimum absolute atomic E-state index is 0.165. The second-order valence-corrected chi connectivity index (χ2v) is 6.17. The first kappa shape index (κ1) is 20.5. The Bertz CT molecular complexity index is 874. The number of hydrogen-bond donors (Lipinski definition) is 2. The van der Waals surface area contributed by atoms with E-state index in [1.165, 1.54) is 18.3 Å². The van der Waals surface area contributed by atoms with Gasteiger partial charge in [0.1, 0.15) is 5.75 Å². The van der Waals surface area contributed by atoms with Gasteiger partial charge in [-0.05, 0) is 36.8 Å². The molecule has 0 aliphatic rings. The third kappa shape index (κ3) is 6.43. The standard InChI is InChI=1S/C17H15Cl2N3O5/c18-12-4-6-16(13(19)9-12)27-7-1-2-17(24)21-20-10-11-3-5-15(23)14(8-11)22(25)26/h3-6,8-10,23H,1-2,7H2,(H,21,24)/b20-10+. The van der Waals surface area contributed by atoms with Crippen LogP contribution in [0.25, 0.3) is 0 Å². The Kier molecular flexibility index (Phi) is 7.39. The predicted octanol–water partition coefficient (Wildman–Crippen LogP) is 3.92. The van der Waals surface area contributed by atoms with Crippen LogP contribution >= 0.6 is 23.2 Å². The van der Waals surface area contributed by atoms with Crippen molar-refractivity contribution in [2.24, 2.45) is 5.10 Å². The third-order valence-corrected chi connectivity index (χ3v) is 3.83. The summed E-state index contributed by atoms with van der Waals surface area (Å²) in [5.74, 6) is -0.305. The monoisotopic (exact) mass is 411 g/mol. The average molecular weight is 412 g/mol. The zero-order valence-corrected chi connectivity index (χ0v) is 15.4. The van der Waals surface area contributed by atoms with E-state index in [9.17, 15) is 20.0 Å². The second-order valence-electron chi connectivity index (χ2n) is 5.33. The first-order chi connectivity index (χ1) is 12.9. The molecule has 142 valence electrons. The average Bonchev–Trinajstić information content (AvgIpc) is 2.61. The molecule has 10 heteroatoms. The van der Waals surface area contributed by atoms with Gasteiger partial charge in [-0.3, -0.25) is 14.9 Å². The number of phenolic OH excluding ortho intramolecular Hbond substituents is 1. The normalized spacial score (nSPS) is 10.7. The molecule has 0 fully saturated rings. The van der Waals surface area contributed by atoms with Crippen LogP contribution in [0.1, 0.15) is 18.4 Å². The highest BCUT2D eigenvalue weighted by molar-refractivity contribution is 6.35. The van der Waals surface area contributed by atoms with Crippen molar-refractivity contribution >= 4 is 41.0 Å². The quantitative estimate of drug-likeness (QED) is 0.295. The largest absolute Gasteiger partial charge is 0.502 e. The zero-order valence-electron chi connectivity index (χ0n) is 13.9. The highest BCUT2D eigenvalue weighted by Gasteiger charge is 2.12. The Morgan fingerprint density at radius 2 is 2.07 bits per heavy atom. The SMILES string of the molecule is O=C(CCCOc1ccc(Cl)cc1Cl)N/N=C/c1ccc(O)c([N+](=O)[O-])c1. The molecule has 0 radical (unpaired) electrons. The Morgan fingerprint density at radius 3 is 2.78 bits per heavy atom. The topological polar surface area (TPSA) is 114 Å². The van der Waals surface area contributed by atoms with E-state index in [2.05, 4.69) is 10.5 Å². The molecule has 8 nitrogen and oxygen atoms in total. The predicted molar refractivity (Wildman–Crippen MR) is 102 cm³/mol. The summed E-state index contributed by atoms with van der Waals surface area (Å²) < 4.78 is 5.47. The molecule has 2 aromatic carbocycles. The minimum Gasteiger partial charge on any atom is -0.502 e. The van der Waals surface area contributed by atoms with E-state index in [1.54, 1.807) is 18.2 Å². The lowest BCUT2D eigenvalue weighted by molar-refractivity contribution is -0.385. The summed E-state index contributed by atoms with van der Waals surface area (Å²) in [7, 11) is 0. The van der Waals surface area contributed by atoms with Crippen LogP contribution in [0.3, 0.4) is 0 Å². The maximum absolute atomic E-state index is 11.7. The Labute approximate surface area is 164 Å². The molecule has 27 heavy (non-hydrogen) atoms. The summed E-state index contributed by atoms with van der Waals surface area (Å²) in [6.07, 6.45) is 1.84. The van der Waals surface area contributed by atoms with Crippen LogP contribution in [0.2, 0.25) is 10.0 Å². The fourth-order valence-electron chi connectivity index (χ4n) is 2.01. The van der Waals surface area contributed by atoms with E-state index < -0.39 is 16.4 Å². The number of ether oxygens (including phenoxy) is 1. The van der Waals surface area contributed by atoms with Crippen LogP contribution in [-0.4, -0.2) is 28.8 Å². The molecule has 0 saturated heterocycles. The van der Waals surface area contributed by atoms with Crippen molar-refractivity contribution in [3.63, 3.8) is 0 Å². The molecule has 0 bridgehead atoms. The lowest BCUT2D eigenvalue weighted by Gasteiger charge is -2.07. The van der Waals surface area contributed by atoms with Gasteiger partial charge in [0, 0.05) is 23.1 Å². The molecule has 1 amide bonds. The second kappa shape index (κ2) is 9.75. The number of nitro groups is 1. The number of hydrazone groups is 1. The van der Waals surface area contributed by atoms with Crippen molar-refractivity contribution in [1.82, 2.24) is 5.43 Å². The minimum atomic E-state index is -0.710. The van der Waals surface area contributed by atoms with Gasteiger partial charge in [0.05, 0.1) is 22.8 Å². The van der Waals surface area contributed by atoms with E-state index in [0.717, 1.165) is 6.07 Å². The smallest absolute Gasteiger partial charge is 0.311 e. The van der Waals surface area contributed by atoms with Gasteiger partial charge in [-0.1, -0.05) is 23.2 Å². The van der Waals surface area contributed by atoms with Crippen molar-refractivity contribution < 1.29 is 19.6 Å². The number of hydrogen-bond acceptors (Lipinski definition) is 6. The third-order valence-electron chi connectivity index (χ3n) is 3.30. The number of aromatic hydroxyl groups is 1. The maximum atomic E-state index is 11.7. The zero-order chi connectivity index (χ0) is 19.8. The Balaban J connectivity index is 1.75. The molecule has 0 atom stereocenters. The van der Waals surface area contributed by atoms with Gasteiger partial charge in [-0.2, -0.15) is 5.10 Å². The molecule has 0 aromatic heterocycles. The van der Waals surface area contributed by atoms with Crippen molar-refractivity contribution in [3.05, 3.63) is 62.1 Å². The summed E-state index contributed by atoms with van der Waals surface area (Å²) in [5.41, 5.74) is 2.23. The number of carbonyl (C=O) groups excluding carboxylic acids is 1. The van der Waals surface area contributed by atoms with E-state index in [4.69, 9.17) is 27.9 Å². The molecule has 2 N–H and O–H groups in total. The van der Waals surface area contributed by atoms with Crippen LogP contribution < -0.4 is 10.2 Å². The molecule has 0 aliphatic carbocycles. The van der Waals surface area contributed by atoms with E-state index >= 15 is 0 Å². The number of benzene rings is 2. The van der Waals surface area contributed by atoms with E-state index in [0.29, 0.717) is 27.8 Å². The van der Waals surface area contributed by atoms with Crippen molar-refractivity contribution in [1.29, 1.82) is 0 Å². The van der Waals surface area contributed by atoms with Crippen molar-refractivity contribution in [3.8, 4) is 11.5 Å². The Hall–Kier alpha value is -2.84. The number of halogens is 2. The van der Waals surface area contributed by atoms with Gasteiger partial charge in [-0.25, -0.2) is 5.43 Å². The highest BCUT2D eigenvalue weighted by Crippen LogP contribution is 2.27. The Morgan fingerprint density at radius 1 is 1.30 bits per heavy atom. The number of carbonyl (C=O) groups is 1.